The summed E-state index contributed by atoms with van der Waals surface area (Å²) in [6.07, 6.45) is 2.35. The van der Waals surface area contributed by atoms with E-state index in [9.17, 15) is 14.4 Å². The number of ketones is 1. The molecule has 6 nitrogen and oxygen atoms in total. The lowest BCUT2D eigenvalue weighted by atomic mass is 9.73. The zero-order chi connectivity index (χ0) is 24.0. The number of rotatable bonds is 4. The van der Waals surface area contributed by atoms with Gasteiger partial charge in [-0.1, -0.05) is 17.7 Å². The first kappa shape index (κ1) is 22.3. The van der Waals surface area contributed by atoms with Crippen molar-refractivity contribution in [3.8, 4) is 0 Å². The van der Waals surface area contributed by atoms with E-state index < -0.39 is 11.9 Å². The van der Waals surface area contributed by atoms with E-state index in [1.165, 1.54) is 6.26 Å². The molecule has 1 N–H and O–H groups in total. The molecule has 0 saturated heterocycles. The minimum absolute atomic E-state index is 0.0620. The highest BCUT2D eigenvalue weighted by molar-refractivity contribution is 7.10. The number of carbonyl (C=O) groups is 2. The van der Waals surface area contributed by atoms with Crippen LogP contribution < -0.4 is 10.7 Å². The van der Waals surface area contributed by atoms with E-state index in [1.807, 2.05) is 30.5 Å². The molecule has 0 unspecified atom stereocenters. The molecule has 1 aromatic carbocycles. The van der Waals surface area contributed by atoms with Crippen molar-refractivity contribution in [1.82, 2.24) is 5.32 Å². The Morgan fingerprint density at radius 2 is 2.03 bits per heavy atom. The third-order valence-electron chi connectivity index (χ3n) is 6.53. The van der Waals surface area contributed by atoms with E-state index in [2.05, 4.69) is 5.32 Å². The van der Waals surface area contributed by atoms with E-state index in [-0.39, 0.29) is 34.9 Å². The molecule has 2 atom stereocenters. The molecule has 174 valence electrons. The molecule has 1 aliphatic carbocycles. The highest BCUT2D eigenvalue weighted by atomic mass is 32.1. The first-order chi connectivity index (χ1) is 16.4. The molecule has 3 heterocycles. The van der Waals surface area contributed by atoms with Crippen molar-refractivity contribution in [1.29, 1.82) is 0 Å². The zero-order valence-electron chi connectivity index (χ0n) is 19.3. The Labute approximate surface area is 200 Å². The van der Waals surface area contributed by atoms with E-state index in [0.717, 1.165) is 16.1 Å². The predicted molar refractivity (Wildman–Crippen MR) is 131 cm³/mol. The summed E-state index contributed by atoms with van der Waals surface area (Å²) in [5, 5.41) is 5.74. The van der Waals surface area contributed by atoms with Crippen molar-refractivity contribution >= 4 is 34.1 Å². The maximum absolute atomic E-state index is 13.7. The number of fused-ring (bicyclic) bond motifs is 1. The van der Waals surface area contributed by atoms with Crippen LogP contribution in [0.5, 0.6) is 0 Å². The van der Waals surface area contributed by atoms with Crippen LogP contribution >= 0.6 is 11.3 Å². The third kappa shape index (κ3) is 3.70. The summed E-state index contributed by atoms with van der Waals surface area (Å²) in [6.45, 7) is 5.61. The van der Waals surface area contributed by atoms with Crippen LogP contribution in [0.2, 0.25) is 0 Å². The van der Waals surface area contributed by atoms with Crippen molar-refractivity contribution in [2.75, 3.05) is 6.61 Å². The number of thiophene rings is 1. The van der Waals surface area contributed by atoms with E-state index in [1.54, 1.807) is 37.3 Å². The zero-order valence-corrected chi connectivity index (χ0v) is 20.1. The number of hydrogen-bond acceptors (Lipinski definition) is 7. The average molecular weight is 476 g/mol. The van der Waals surface area contributed by atoms with Crippen LogP contribution in [0.3, 0.4) is 0 Å². The topological polar surface area (TPSA) is 85.6 Å². The fraction of sp³-hybridized carbons (Fsp3) is 0.296. The van der Waals surface area contributed by atoms with Gasteiger partial charge in [-0.3, -0.25) is 9.59 Å². The minimum atomic E-state index is -0.840. The Bertz CT molecular complexity index is 1430. The SMILES string of the molecule is CCOC(=O)C1=C(C)NC2=C(C(=O)C[C@H](c3cccs3)C2)[C@@H]1c1coc2ccc(C)cc2c1=O. The number of Topliss-reactive ketones (excluding diaryl/α,β-unsaturated/α-hetero) is 1. The molecule has 0 saturated carbocycles. The van der Waals surface area contributed by atoms with Gasteiger partial charge in [0.2, 0.25) is 0 Å². The van der Waals surface area contributed by atoms with E-state index >= 15 is 0 Å². The van der Waals surface area contributed by atoms with Crippen LogP contribution in [-0.4, -0.2) is 18.4 Å². The van der Waals surface area contributed by atoms with Gasteiger partial charge in [0.15, 0.2) is 11.2 Å². The van der Waals surface area contributed by atoms with Gasteiger partial charge in [0.25, 0.3) is 0 Å². The summed E-state index contributed by atoms with van der Waals surface area (Å²) >= 11 is 1.63. The van der Waals surface area contributed by atoms with Gasteiger partial charge in [-0.05, 0) is 50.8 Å². The molecular formula is C27H25NO5S. The molecule has 7 heteroatoms. The molecule has 0 radical (unpaired) electrons. The second-order valence-electron chi connectivity index (χ2n) is 8.77. The summed E-state index contributed by atoms with van der Waals surface area (Å²) in [5.41, 5.74) is 3.51. The fourth-order valence-corrected chi connectivity index (χ4v) is 5.84. The molecule has 2 aromatic heterocycles. The number of nitrogens with one attached hydrogen (secondary N) is 1. The average Bonchev–Trinajstić information content (AvgIpc) is 3.34. The summed E-state index contributed by atoms with van der Waals surface area (Å²) in [5.74, 6) is -1.39. The van der Waals surface area contributed by atoms with Crippen molar-refractivity contribution in [3.05, 3.63) is 90.7 Å². The van der Waals surface area contributed by atoms with Gasteiger partial charge < -0.3 is 14.5 Å². The van der Waals surface area contributed by atoms with Crippen LogP contribution in [0.25, 0.3) is 11.0 Å². The standard InChI is InChI=1S/C27H25NO5S/c1-4-32-27(31)23-15(3)28-19-11-16(22-6-5-9-34-22)12-20(29)25(19)24(23)18-13-33-21-8-7-14(2)10-17(21)26(18)30/h5-10,13,16,24,28H,4,11-12H2,1-3H3/t16-,24-/m1/s1. The maximum Gasteiger partial charge on any atom is 0.336 e. The lowest BCUT2D eigenvalue weighted by Crippen LogP contribution is -2.37. The van der Waals surface area contributed by atoms with Crippen LogP contribution in [0.4, 0.5) is 0 Å². The number of ether oxygens (including phenoxy) is 1. The summed E-state index contributed by atoms with van der Waals surface area (Å²) in [7, 11) is 0. The van der Waals surface area contributed by atoms with Gasteiger partial charge in [-0.25, -0.2) is 4.79 Å². The van der Waals surface area contributed by atoms with Gasteiger partial charge in [-0.15, -0.1) is 11.3 Å². The quantitative estimate of drug-likeness (QED) is 0.529. The smallest absolute Gasteiger partial charge is 0.336 e. The Morgan fingerprint density at radius 3 is 2.76 bits per heavy atom. The Morgan fingerprint density at radius 1 is 1.21 bits per heavy atom. The second kappa shape index (κ2) is 8.72. The van der Waals surface area contributed by atoms with Crippen molar-refractivity contribution in [2.24, 2.45) is 0 Å². The fourth-order valence-electron chi connectivity index (χ4n) is 5.01. The Kier molecular flexibility index (Phi) is 5.73. The molecule has 34 heavy (non-hydrogen) atoms. The molecule has 0 spiro atoms. The van der Waals surface area contributed by atoms with Gasteiger partial charge in [0, 0.05) is 39.7 Å². The number of esters is 1. The molecule has 1 aliphatic heterocycles. The van der Waals surface area contributed by atoms with Crippen molar-refractivity contribution in [3.63, 3.8) is 0 Å². The second-order valence-corrected chi connectivity index (χ2v) is 9.75. The molecule has 0 fully saturated rings. The maximum atomic E-state index is 13.7. The molecule has 3 aromatic rings. The number of aryl methyl sites for hydroxylation is 1. The molecule has 2 aliphatic rings. The van der Waals surface area contributed by atoms with Gasteiger partial charge in [0.05, 0.1) is 29.7 Å². The number of benzene rings is 1. The van der Waals surface area contributed by atoms with Crippen LogP contribution in [0.1, 0.15) is 54.5 Å². The molecular weight excluding hydrogens is 450 g/mol. The number of dihydropyridines is 1. The first-order valence-corrected chi connectivity index (χ1v) is 12.2. The Hall–Kier alpha value is -3.45. The number of allylic oxidation sites excluding steroid dienone is 3. The molecule has 0 bridgehead atoms. The van der Waals surface area contributed by atoms with Gasteiger partial charge in [0.1, 0.15) is 5.58 Å². The van der Waals surface area contributed by atoms with Gasteiger partial charge >= 0.3 is 5.97 Å². The van der Waals surface area contributed by atoms with Gasteiger partial charge in [-0.2, -0.15) is 0 Å². The van der Waals surface area contributed by atoms with E-state index in [4.69, 9.17) is 9.15 Å². The van der Waals surface area contributed by atoms with E-state index in [0.29, 0.717) is 35.1 Å². The highest BCUT2D eigenvalue weighted by Crippen LogP contribution is 2.45. The van der Waals surface area contributed by atoms with Crippen LogP contribution in [0, 0.1) is 6.92 Å². The largest absolute Gasteiger partial charge is 0.464 e. The highest BCUT2D eigenvalue weighted by Gasteiger charge is 2.42. The minimum Gasteiger partial charge on any atom is -0.464 e. The summed E-state index contributed by atoms with van der Waals surface area (Å²) < 4.78 is 11.2. The normalized spacial score (nSPS) is 20.4. The third-order valence-corrected chi connectivity index (χ3v) is 7.57. The predicted octanol–water partition coefficient (Wildman–Crippen LogP) is 5.09. The van der Waals surface area contributed by atoms with Crippen molar-refractivity contribution in [2.45, 2.75) is 45.4 Å². The summed E-state index contributed by atoms with van der Waals surface area (Å²) in [4.78, 5) is 41.5. The number of hydrogen-bond donors (Lipinski definition) is 1. The lowest BCUT2D eigenvalue weighted by molar-refractivity contribution is -0.138. The molecule has 0 amide bonds. The molecule has 5 rings (SSSR count). The van der Waals surface area contributed by atoms with Crippen molar-refractivity contribution < 1.29 is 18.7 Å². The Balaban J connectivity index is 1.70. The summed E-state index contributed by atoms with van der Waals surface area (Å²) in [6, 6.07) is 9.43. The van der Waals surface area contributed by atoms with Crippen LogP contribution in [0.15, 0.2) is 73.7 Å². The number of carbonyl (C=O) groups excluding carboxylic acids is 2. The lowest BCUT2D eigenvalue weighted by Gasteiger charge is -2.36. The monoisotopic (exact) mass is 475 g/mol. The first-order valence-electron chi connectivity index (χ1n) is 11.4. The van der Waals surface area contributed by atoms with Crippen LogP contribution in [-0.2, 0) is 14.3 Å².